The van der Waals surface area contributed by atoms with Crippen molar-refractivity contribution in [3.05, 3.63) is 35.9 Å². The first-order chi connectivity index (χ1) is 9.14. The fourth-order valence-corrected chi connectivity index (χ4v) is 3.63. The van der Waals surface area contributed by atoms with E-state index in [1.54, 1.807) is 0 Å². The molecule has 0 heterocycles. The van der Waals surface area contributed by atoms with Gasteiger partial charge in [-0.15, -0.1) is 0 Å². The molecule has 1 atom stereocenters. The van der Waals surface area contributed by atoms with Gasteiger partial charge in [0.15, 0.2) is 11.1 Å². The molecule has 4 heteroatoms. The van der Waals surface area contributed by atoms with Gasteiger partial charge in [-0.05, 0) is 43.1 Å². The van der Waals surface area contributed by atoms with Crippen LogP contribution in [0, 0.1) is 5.41 Å². The molecule has 1 aromatic carbocycles. The van der Waals surface area contributed by atoms with Crippen LogP contribution in [0.1, 0.15) is 37.7 Å². The Hall–Kier alpha value is -0.710. The van der Waals surface area contributed by atoms with Crippen LogP contribution in [0.5, 0.6) is 0 Å². The normalized spacial score (nSPS) is 23.8. The molecule has 3 nitrogen and oxygen atoms in total. The van der Waals surface area contributed by atoms with E-state index in [1.165, 1.54) is 5.56 Å². The molecule has 104 valence electrons. The Morgan fingerprint density at radius 3 is 2.37 bits per heavy atom. The van der Waals surface area contributed by atoms with Crippen LogP contribution >= 0.6 is 0 Å². The standard InChI is InChI=1S/C15H20O3S/c16-19(17)15(8-9-15)11-14(6-7-14)12-18-10-13-4-2-1-3-5-13/h1-5H,6-12H2,(H,16,17). The predicted molar refractivity (Wildman–Crippen MR) is 75.1 cm³/mol. The number of hydrogen-bond donors (Lipinski definition) is 1. The lowest BCUT2D eigenvalue weighted by Crippen LogP contribution is -2.24. The van der Waals surface area contributed by atoms with E-state index in [4.69, 9.17) is 4.74 Å². The van der Waals surface area contributed by atoms with Gasteiger partial charge in [0, 0.05) is 0 Å². The molecule has 2 fully saturated rings. The summed E-state index contributed by atoms with van der Waals surface area (Å²) in [4.78, 5) is 0. The Morgan fingerprint density at radius 1 is 1.16 bits per heavy atom. The molecule has 1 aromatic rings. The summed E-state index contributed by atoms with van der Waals surface area (Å²) in [6, 6.07) is 10.1. The van der Waals surface area contributed by atoms with Crippen molar-refractivity contribution in [2.45, 2.75) is 43.5 Å². The van der Waals surface area contributed by atoms with Crippen molar-refractivity contribution in [1.82, 2.24) is 0 Å². The highest BCUT2D eigenvalue weighted by Gasteiger charge is 2.57. The second kappa shape index (κ2) is 5.00. The van der Waals surface area contributed by atoms with Gasteiger partial charge in [-0.1, -0.05) is 30.3 Å². The van der Waals surface area contributed by atoms with Gasteiger partial charge < -0.3 is 9.29 Å². The number of rotatable bonds is 7. The Balaban J connectivity index is 1.49. The average Bonchev–Trinajstić information content (AvgIpc) is 3.31. The fourth-order valence-electron chi connectivity index (χ4n) is 2.74. The predicted octanol–water partition coefficient (Wildman–Crippen LogP) is 3.13. The first-order valence-electron chi connectivity index (χ1n) is 6.87. The zero-order valence-corrected chi connectivity index (χ0v) is 11.8. The van der Waals surface area contributed by atoms with Crippen LogP contribution in [0.4, 0.5) is 0 Å². The summed E-state index contributed by atoms with van der Waals surface area (Å²) in [6.07, 6.45) is 4.94. The van der Waals surface area contributed by atoms with Crippen molar-refractivity contribution in [2.75, 3.05) is 6.61 Å². The number of ether oxygens (including phenoxy) is 1. The first-order valence-corrected chi connectivity index (χ1v) is 7.98. The minimum atomic E-state index is -1.67. The van der Waals surface area contributed by atoms with E-state index >= 15 is 0 Å². The van der Waals surface area contributed by atoms with Gasteiger partial charge in [0.2, 0.25) is 0 Å². The third-order valence-electron chi connectivity index (χ3n) is 4.35. The van der Waals surface area contributed by atoms with Crippen LogP contribution in [0.3, 0.4) is 0 Å². The molecule has 3 rings (SSSR count). The van der Waals surface area contributed by atoms with Crippen LogP contribution in [-0.2, 0) is 22.4 Å². The smallest absolute Gasteiger partial charge is 0.159 e. The molecule has 0 aliphatic heterocycles. The zero-order valence-electron chi connectivity index (χ0n) is 11.0. The molecule has 2 saturated carbocycles. The molecule has 19 heavy (non-hydrogen) atoms. The van der Waals surface area contributed by atoms with E-state index in [0.717, 1.165) is 38.7 Å². The Morgan fingerprint density at radius 2 is 1.84 bits per heavy atom. The van der Waals surface area contributed by atoms with E-state index in [-0.39, 0.29) is 10.2 Å². The van der Waals surface area contributed by atoms with Crippen molar-refractivity contribution in [3.8, 4) is 0 Å². The SMILES string of the molecule is O=S(O)C1(CC2(COCc3ccccc3)CC2)CC1. The second-order valence-electron chi connectivity index (χ2n) is 6.09. The summed E-state index contributed by atoms with van der Waals surface area (Å²) >= 11 is -1.67. The van der Waals surface area contributed by atoms with Gasteiger partial charge >= 0.3 is 0 Å². The molecule has 0 amide bonds. The summed E-state index contributed by atoms with van der Waals surface area (Å²) in [5.74, 6) is 0. The molecule has 2 aliphatic rings. The molecular formula is C15H20O3S. The topological polar surface area (TPSA) is 46.5 Å². The maximum Gasteiger partial charge on any atom is 0.159 e. The van der Waals surface area contributed by atoms with Gasteiger partial charge in [-0.25, -0.2) is 4.21 Å². The highest BCUT2D eigenvalue weighted by Crippen LogP contribution is 2.59. The van der Waals surface area contributed by atoms with Crippen molar-refractivity contribution < 1.29 is 13.5 Å². The highest BCUT2D eigenvalue weighted by atomic mass is 32.2. The van der Waals surface area contributed by atoms with Crippen LogP contribution in [0.25, 0.3) is 0 Å². The minimum Gasteiger partial charge on any atom is -0.376 e. The maximum atomic E-state index is 11.4. The van der Waals surface area contributed by atoms with E-state index in [0.29, 0.717) is 6.61 Å². The third kappa shape index (κ3) is 3.07. The Bertz CT molecular complexity index is 464. The van der Waals surface area contributed by atoms with E-state index < -0.39 is 11.1 Å². The Kier molecular flexibility index (Phi) is 3.50. The van der Waals surface area contributed by atoms with Crippen molar-refractivity contribution >= 4 is 11.1 Å². The van der Waals surface area contributed by atoms with Crippen LogP contribution < -0.4 is 0 Å². The fraction of sp³-hybridized carbons (Fsp3) is 0.600. The zero-order chi connectivity index (χ0) is 13.3. The van der Waals surface area contributed by atoms with E-state index in [9.17, 15) is 8.76 Å². The van der Waals surface area contributed by atoms with E-state index in [2.05, 4.69) is 12.1 Å². The first kappa shape index (κ1) is 13.3. The summed E-state index contributed by atoms with van der Waals surface area (Å²) in [6.45, 7) is 1.36. The molecule has 0 radical (unpaired) electrons. The lowest BCUT2D eigenvalue weighted by Gasteiger charge is -2.20. The quantitative estimate of drug-likeness (QED) is 0.781. The average molecular weight is 280 g/mol. The number of hydrogen-bond acceptors (Lipinski definition) is 2. The van der Waals surface area contributed by atoms with Crippen LogP contribution in [-0.4, -0.2) is 20.1 Å². The Labute approximate surface area is 116 Å². The molecule has 2 aliphatic carbocycles. The van der Waals surface area contributed by atoms with Gasteiger partial charge in [0.05, 0.1) is 18.0 Å². The largest absolute Gasteiger partial charge is 0.376 e. The molecule has 0 spiro atoms. The lowest BCUT2D eigenvalue weighted by atomic mass is 10.00. The molecule has 0 saturated heterocycles. The van der Waals surface area contributed by atoms with Crippen molar-refractivity contribution in [3.63, 3.8) is 0 Å². The number of benzene rings is 1. The monoisotopic (exact) mass is 280 g/mol. The molecule has 0 aromatic heterocycles. The molecular weight excluding hydrogens is 260 g/mol. The second-order valence-corrected chi connectivity index (χ2v) is 7.45. The maximum absolute atomic E-state index is 11.4. The summed E-state index contributed by atoms with van der Waals surface area (Å²) < 4.78 is 26.2. The summed E-state index contributed by atoms with van der Waals surface area (Å²) in [5, 5.41) is 0. The van der Waals surface area contributed by atoms with Crippen LogP contribution in [0.2, 0.25) is 0 Å². The van der Waals surface area contributed by atoms with Crippen LogP contribution in [0.15, 0.2) is 30.3 Å². The van der Waals surface area contributed by atoms with Gasteiger partial charge in [-0.3, -0.25) is 0 Å². The molecule has 1 unspecified atom stereocenters. The van der Waals surface area contributed by atoms with Gasteiger partial charge in [0.1, 0.15) is 0 Å². The lowest BCUT2D eigenvalue weighted by molar-refractivity contribution is 0.0736. The summed E-state index contributed by atoms with van der Waals surface area (Å²) in [7, 11) is 0. The highest BCUT2D eigenvalue weighted by molar-refractivity contribution is 7.81. The third-order valence-corrected chi connectivity index (χ3v) is 5.65. The van der Waals surface area contributed by atoms with Crippen molar-refractivity contribution in [2.24, 2.45) is 5.41 Å². The minimum absolute atomic E-state index is 0.184. The molecule has 1 N–H and O–H groups in total. The summed E-state index contributed by atoms with van der Waals surface area (Å²) in [5.41, 5.74) is 1.37. The van der Waals surface area contributed by atoms with E-state index in [1.807, 2.05) is 18.2 Å². The van der Waals surface area contributed by atoms with Crippen molar-refractivity contribution in [1.29, 1.82) is 0 Å². The molecule has 0 bridgehead atoms. The van der Waals surface area contributed by atoms with Gasteiger partial charge in [-0.2, -0.15) is 0 Å². The van der Waals surface area contributed by atoms with Gasteiger partial charge in [0.25, 0.3) is 0 Å².